The molecule has 0 aliphatic carbocycles. The van der Waals surface area contributed by atoms with Crippen LogP contribution in [-0.2, 0) is 13.1 Å². The molecule has 1 saturated heterocycles. The first-order valence-electron chi connectivity index (χ1n) is 8.87. The normalized spacial score (nSPS) is 17.3. The maximum absolute atomic E-state index is 14.4. The van der Waals surface area contributed by atoms with E-state index in [0.717, 1.165) is 31.8 Å². The summed E-state index contributed by atoms with van der Waals surface area (Å²) >= 11 is 0. The maximum atomic E-state index is 14.4. The lowest BCUT2D eigenvalue weighted by molar-refractivity contribution is 0.351. The number of nitrogens with zero attached hydrogens (tertiary/aromatic N) is 3. The van der Waals surface area contributed by atoms with Gasteiger partial charge in [-0.15, -0.1) is 0 Å². The Balaban J connectivity index is 1.95. The molecule has 1 N–H and O–H groups in total. The van der Waals surface area contributed by atoms with Gasteiger partial charge in [-0.3, -0.25) is 4.57 Å². The standard InChI is InChI=1S/C18H25FN4O3/c1-4-22-17(12-6-5-7-20-10-12)21-23(18(22)24)11-13-8-15(25-2)16(26-3)9-14(13)19/h8-9,12,20H,4-7,10-11H2,1-3H3. The SMILES string of the molecule is CCn1c(C2CCCNC2)nn(Cc2cc(OC)c(OC)cc2F)c1=O. The highest BCUT2D eigenvalue weighted by atomic mass is 19.1. The molecule has 142 valence electrons. The number of hydrogen-bond acceptors (Lipinski definition) is 5. The van der Waals surface area contributed by atoms with Crippen molar-refractivity contribution >= 4 is 0 Å². The van der Waals surface area contributed by atoms with Gasteiger partial charge in [-0.25, -0.2) is 13.9 Å². The molecule has 1 aromatic carbocycles. The van der Waals surface area contributed by atoms with E-state index in [4.69, 9.17) is 9.47 Å². The van der Waals surface area contributed by atoms with Gasteiger partial charge in [-0.05, 0) is 32.4 Å². The molecule has 26 heavy (non-hydrogen) atoms. The van der Waals surface area contributed by atoms with Crippen LogP contribution in [0.4, 0.5) is 4.39 Å². The molecular formula is C18H25FN4O3. The topological polar surface area (TPSA) is 70.3 Å². The van der Waals surface area contributed by atoms with Gasteiger partial charge in [0, 0.05) is 30.6 Å². The van der Waals surface area contributed by atoms with Crippen LogP contribution >= 0.6 is 0 Å². The van der Waals surface area contributed by atoms with Gasteiger partial charge >= 0.3 is 5.69 Å². The van der Waals surface area contributed by atoms with Gasteiger partial charge in [0.05, 0.1) is 20.8 Å². The van der Waals surface area contributed by atoms with Crippen molar-refractivity contribution in [2.45, 2.75) is 38.8 Å². The zero-order valence-electron chi connectivity index (χ0n) is 15.4. The Morgan fingerprint density at radius 1 is 1.31 bits per heavy atom. The van der Waals surface area contributed by atoms with Crippen LogP contribution < -0.4 is 20.5 Å². The van der Waals surface area contributed by atoms with Crippen molar-refractivity contribution in [1.29, 1.82) is 0 Å². The molecule has 2 heterocycles. The zero-order chi connectivity index (χ0) is 18.7. The number of halogens is 1. The average molecular weight is 364 g/mol. The molecule has 7 nitrogen and oxygen atoms in total. The van der Waals surface area contributed by atoms with E-state index in [1.165, 1.54) is 25.0 Å². The number of hydrogen-bond donors (Lipinski definition) is 1. The van der Waals surface area contributed by atoms with Crippen LogP contribution in [0, 0.1) is 5.82 Å². The summed E-state index contributed by atoms with van der Waals surface area (Å²) in [4.78, 5) is 12.7. The molecule has 8 heteroatoms. The summed E-state index contributed by atoms with van der Waals surface area (Å²) in [6.07, 6.45) is 2.05. The fraction of sp³-hybridized carbons (Fsp3) is 0.556. The predicted molar refractivity (Wildman–Crippen MR) is 95.6 cm³/mol. The Kier molecular flexibility index (Phi) is 5.61. The van der Waals surface area contributed by atoms with Gasteiger partial charge in [-0.2, -0.15) is 5.10 Å². The molecule has 3 rings (SSSR count). The molecule has 1 aliphatic rings. The number of nitrogens with one attached hydrogen (secondary N) is 1. The molecule has 1 fully saturated rings. The third kappa shape index (κ3) is 3.46. The summed E-state index contributed by atoms with van der Waals surface area (Å²) in [5.74, 6) is 1.25. The van der Waals surface area contributed by atoms with Crippen molar-refractivity contribution in [3.05, 3.63) is 39.8 Å². The smallest absolute Gasteiger partial charge is 0.346 e. The van der Waals surface area contributed by atoms with E-state index in [0.29, 0.717) is 23.6 Å². The number of rotatable bonds is 6. The second-order valence-corrected chi connectivity index (χ2v) is 6.38. The lowest BCUT2D eigenvalue weighted by Crippen LogP contribution is -2.31. The molecule has 0 spiro atoms. The largest absolute Gasteiger partial charge is 0.493 e. The molecule has 0 bridgehead atoms. The average Bonchev–Trinajstić information content (AvgIpc) is 2.99. The Morgan fingerprint density at radius 2 is 2.04 bits per heavy atom. The number of piperidine rings is 1. The van der Waals surface area contributed by atoms with Gasteiger partial charge in [0.2, 0.25) is 0 Å². The summed E-state index contributed by atoms with van der Waals surface area (Å²) in [7, 11) is 2.95. The van der Waals surface area contributed by atoms with Gasteiger partial charge in [0.1, 0.15) is 11.6 Å². The molecular weight excluding hydrogens is 339 g/mol. The van der Waals surface area contributed by atoms with Crippen molar-refractivity contribution in [3.63, 3.8) is 0 Å². The number of methoxy groups -OCH3 is 2. The molecule has 1 aliphatic heterocycles. The quantitative estimate of drug-likeness (QED) is 0.845. The van der Waals surface area contributed by atoms with Crippen LogP contribution in [0.5, 0.6) is 11.5 Å². The molecule has 1 aromatic heterocycles. The van der Waals surface area contributed by atoms with Crippen molar-refractivity contribution in [3.8, 4) is 11.5 Å². The van der Waals surface area contributed by atoms with Crippen molar-refractivity contribution in [1.82, 2.24) is 19.7 Å². The van der Waals surface area contributed by atoms with E-state index in [2.05, 4.69) is 10.4 Å². The molecule has 2 aromatic rings. The third-order valence-corrected chi connectivity index (χ3v) is 4.80. The minimum Gasteiger partial charge on any atom is -0.493 e. The molecule has 0 radical (unpaired) electrons. The maximum Gasteiger partial charge on any atom is 0.346 e. The monoisotopic (exact) mass is 364 g/mol. The Morgan fingerprint density at radius 3 is 2.65 bits per heavy atom. The molecule has 1 atom stereocenters. The third-order valence-electron chi connectivity index (χ3n) is 4.80. The van der Waals surface area contributed by atoms with E-state index < -0.39 is 5.82 Å². The molecule has 0 amide bonds. The minimum absolute atomic E-state index is 0.0468. The number of benzene rings is 1. The van der Waals surface area contributed by atoms with Crippen LogP contribution in [0.3, 0.4) is 0 Å². The van der Waals surface area contributed by atoms with Gasteiger partial charge in [0.25, 0.3) is 0 Å². The van der Waals surface area contributed by atoms with Crippen LogP contribution in [0.15, 0.2) is 16.9 Å². The summed E-state index contributed by atoms with van der Waals surface area (Å²) < 4.78 is 27.8. The summed E-state index contributed by atoms with van der Waals surface area (Å²) in [6.45, 7) is 4.31. The Bertz CT molecular complexity index is 825. The van der Waals surface area contributed by atoms with Crippen LogP contribution in [0.2, 0.25) is 0 Å². The minimum atomic E-state index is -0.457. The predicted octanol–water partition coefficient (Wildman–Crippen LogP) is 1.74. The summed E-state index contributed by atoms with van der Waals surface area (Å²) in [5, 5.41) is 7.87. The highest BCUT2D eigenvalue weighted by Gasteiger charge is 2.24. The lowest BCUT2D eigenvalue weighted by Gasteiger charge is -2.21. The molecule has 0 saturated carbocycles. The first-order valence-corrected chi connectivity index (χ1v) is 8.87. The first-order chi connectivity index (χ1) is 12.6. The van der Waals surface area contributed by atoms with Gasteiger partial charge < -0.3 is 14.8 Å². The Hall–Kier alpha value is -2.35. The fourth-order valence-electron chi connectivity index (χ4n) is 3.41. The number of aromatic nitrogens is 3. The van der Waals surface area contributed by atoms with Crippen molar-refractivity contribution < 1.29 is 13.9 Å². The highest BCUT2D eigenvalue weighted by Crippen LogP contribution is 2.30. The van der Waals surface area contributed by atoms with Gasteiger partial charge in [0.15, 0.2) is 11.5 Å². The van der Waals surface area contributed by atoms with Crippen molar-refractivity contribution in [2.24, 2.45) is 0 Å². The summed E-state index contributed by atoms with van der Waals surface area (Å²) in [5.41, 5.74) is 0.112. The lowest BCUT2D eigenvalue weighted by atomic mass is 9.99. The van der Waals surface area contributed by atoms with E-state index >= 15 is 0 Å². The van der Waals surface area contributed by atoms with Crippen LogP contribution in [-0.4, -0.2) is 41.7 Å². The van der Waals surface area contributed by atoms with E-state index in [1.54, 1.807) is 10.6 Å². The number of ether oxygens (including phenoxy) is 2. The van der Waals surface area contributed by atoms with E-state index in [1.807, 2.05) is 6.92 Å². The van der Waals surface area contributed by atoms with E-state index in [9.17, 15) is 9.18 Å². The van der Waals surface area contributed by atoms with Crippen LogP contribution in [0.25, 0.3) is 0 Å². The van der Waals surface area contributed by atoms with Crippen molar-refractivity contribution in [2.75, 3.05) is 27.3 Å². The second kappa shape index (κ2) is 7.90. The summed E-state index contributed by atoms with van der Waals surface area (Å²) in [6, 6.07) is 2.81. The molecule has 1 unspecified atom stereocenters. The first kappa shape index (κ1) is 18.4. The zero-order valence-corrected chi connectivity index (χ0v) is 15.4. The fourth-order valence-corrected chi connectivity index (χ4v) is 3.41. The van der Waals surface area contributed by atoms with Crippen LogP contribution in [0.1, 0.15) is 37.1 Å². The van der Waals surface area contributed by atoms with Gasteiger partial charge in [-0.1, -0.05) is 0 Å². The highest BCUT2D eigenvalue weighted by molar-refractivity contribution is 5.43. The van der Waals surface area contributed by atoms with E-state index in [-0.39, 0.29) is 18.2 Å². The Labute approximate surface area is 151 Å². The second-order valence-electron chi connectivity index (χ2n) is 6.38.